The molecule has 1 atom stereocenters. The third kappa shape index (κ3) is 2.19. The first-order valence-corrected chi connectivity index (χ1v) is 8.09. The number of benzene rings is 1. The van der Waals surface area contributed by atoms with E-state index in [-0.39, 0.29) is 29.9 Å². The van der Waals surface area contributed by atoms with Crippen LogP contribution in [0.15, 0.2) is 63.5 Å². The number of hydrogen-bond donors (Lipinski definition) is 0. The fourth-order valence-corrected chi connectivity index (χ4v) is 3.34. The summed E-state index contributed by atoms with van der Waals surface area (Å²) in [5.74, 6) is 1.13. The van der Waals surface area contributed by atoms with Gasteiger partial charge in [0.15, 0.2) is 5.76 Å². The predicted octanol–water partition coefficient (Wildman–Crippen LogP) is 3.93. The van der Waals surface area contributed by atoms with Crippen LogP contribution in [0.4, 0.5) is 0 Å². The fourth-order valence-electron chi connectivity index (χ4n) is 3.34. The Kier molecular flexibility index (Phi) is 3.12. The number of esters is 1. The summed E-state index contributed by atoms with van der Waals surface area (Å²) in [6.07, 6.45) is 4.73. The summed E-state index contributed by atoms with van der Waals surface area (Å²) >= 11 is 0. The van der Waals surface area contributed by atoms with E-state index in [9.17, 15) is 9.59 Å². The van der Waals surface area contributed by atoms with E-state index >= 15 is 0 Å². The number of carbonyl (C=O) groups excluding carboxylic acids is 2. The number of allylic oxidation sites excluding steroid dienone is 1. The SMILES string of the molecule is O=C1CC(c2ccco2)c2c(ccc3c2OC(=Cc2ccco2)C3=O)O1. The predicted molar refractivity (Wildman–Crippen MR) is 88.9 cm³/mol. The summed E-state index contributed by atoms with van der Waals surface area (Å²) in [6, 6.07) is 10.2. The molecule has 6 heteroatoms. The van der Waals surface area contributed by atoms with Crippen molar-refractivity contribution >= 4 is 17.8 Å². The zero-order chi connectivity index (χ0) is 17.7. The highest BCUT2D eigenvalue weighted by Gasteiger charge is 2.39. The van der Waals surface area contributed by atoms with E-state index in [4.69, 9.17) is 18.3 Å². The molecule has 5 rings (SSSR count). The van der Waals surface area contributed by atoms with Gasteiger partial charge in [-0.1, -0.05) is 0 Å². The number of rotatable bonds is 2. The molecule has 0 fully saturated rings. The number of fused-ring (bicyclic) bond motifs is 3. The smallest absolute Gasteiger partial charge is 0.312 e. The minimum Gasteiger partial charge on any atom is -0.469 e. The van der Waals surface area contributed by atoms with Crippen LogP contribution in [0.2, 0.25) is 0 Å². The molecule has 0 spiro atoms. The lowest BCUT2D eigenvalue weighted by Crippen LogP contribution is -2.21. The van der Waals surface area contributed by atoms with Crippen molar-refractivity contribution in [2.75, 3.05) is 0 Å². The van der Waals surface area contributed by atoms with Gasteiger partial charge >= 0.3 is 5.97 Å². The average Bonchev–Trinajstić information content (AvgIpc) is 3.37. The van der Waals surface area contributed by atoms with Crippen LogP contribution in [-0.2, 0) is 4.79 Å². The Bertz CT molecular complexity index is 1040. The van der Waals surface area contributed by atoms with E-state index in [1.54, 1.807) is 48.7 Å². The van der Waals surface area contributed by atoms with Crippen LogP contribution in [0.3, 0.4) is 0 Å². The molecule has 0 N–H and O–H groups in total. The van der Waals surface area contributed by atoms with Crippen LogP contribution in [0, 0.1) is 0 Å². The van der Waals surface area contributed by atoms with Crippen molar-refractivity contribution in [1.82, 2.24) is 0 Å². The summed E-state index contributed by atoms with van der Waals surface area (Å²) in [4.78, 5) is 24.7. The lowest BCUT2D eigenvalue weighted by molar-refractivity contribution is -0.135. The summed E-state index contributed by atoms with van der Waals surface area (Å²) in [5.41, 5.74) is 1.07. The van der Waals surface area contributed by atoms with Crippen molar-refractivity contribution in [2.45, 2.75) is 12.3 Å². The monoisotopic (exact) mass is 348 g/mol. The number of ether oxygens (including phenoxy) is 2. The summed E-state index contributed by atoms with van der Waals surface area (Å²) < 4.78 is 22.0. The molecule has 0 saturated heterocycles. The van der Waals surface area contributed by atoms with E-state index in [0.29, 0.717) is 34.1 Å². The second-order valence-corrected chi connectivity index (χ2v) is 6.06. The van der Waals surface area contributed by atoms with Gasteiger partial charge < -0.3 is 18.3 Å². The van der Waals surface area contributed by atoms with E-state index < -0.39 is 0 Å². The zero-order valence-electron chi connectivity index (χ0n) is 13.4. The lowest BCUT2D eigenvalue weighted by atomic mass is 9.88. The Morgan fingerprint density at radius 3 is 2.58 bits per heavy atom. The number of Topliss-reactive ketones (excluding diaryl/α,β-unsaturated/α-hetero) is 1. The maximum atomic E-state index is 12.7. The molecular weight excluding hydrogens is 336 g/mol. The van der Waals surface area contributed by atoms with Crippen LogP contribution < -0.4 is 9.47 Å². The first-order chi connectivity index (χ1) is 12.7. The lowest BCUT2D eigenvalue weighted by Gasteiger charge is -2.24. The topological polar surface area (TPSA) is 78.9 Å². The van der Waals surface area contributed by atoms with Crippen molar-refractivity contribution in [3.63, 3.8) is 0 Å². The molecule has 2 aliphatic rings. The Labute approximate surface area is 147 Å². The standard InChI is InChI=1S/C20H12O6/c21-17-10-13(14-4-2-8-24-14)18-15(25-17)6-5-12-19(22)16(26-20(12)18)9-11-3-1-7-23-11/h1-9,13H,10H2. The van der Waals surface area contributed by atoms with Crippen molar-refractivity contribution in [3.8, 4) is 11.5 Å². The number of furan rings is 2. The number of hydrogen-bond acceptors (Lipinski definition) is 6. The second kappa shape index (κ2) is 5.49. The Morgan fingerprint density at radius 1 is 0.962 bits per heavy atom. The first kappa shape index (κ1) is 14.8. The fraction of sp³-hybridized carbons (Fsp3) is 0.100. The maximum absolute atomic E-state index is 12.7. The van der Waals surface area contributed by atoms with Gasteiger partial charge in [-0.15, -0.1) is 0 Å². The first-order valence-electron chi connectivity index (χ1n) is 8.09. The molecule has 6 nitrogen and oxygen atoms in total. The quantitative estimate of drug-likeness (QED) is 0.397. The summed E-state index contributed by atoms with van der Waals surface area (Å²) in [6.45, 7) is 0. The third-order valence-electron chi connectivity index (χ3n) is 4.48. The largest absolute Gasteiger partial charge is 0.469 e. The van der Waals surface area contributed by atoms with Gasteiger partial charge in [0.25, 0.3) is 0 Å². The Morgan fingerprint density at radius 2 is 1.81 bits per heavy atom. The van der Waals surface area contributed by atoms with Gasteiger partial charge in [-0.2, -0.15) is 0 Å². The summed E-state index contributed by atoms with van der Waals surface area (Å²) in [5, 5.41) is 0. The van der Waals surface area contributed by atoms with E-state index in [0.717, 1.165) is 0 Å². The molecule has 2 aromatic heterocycles. The van der Waals surface area contributed by atoms with Crippen LogP contribution >= 0.6 is 0 Å². The van der Waals surface area contributed by atoms with Gasteiger partial charge in [0.2, 0.25) is 5.78 Å². The van der Waals surface area contributed by atoms with Gasteiger partial charge in [-0.25, -0.2) is 0 Å². The normalized spacial score (nSPS) is 19.8. The molecule has 26 heavy (non-hydrogen) atoms. The second-order valence-electron chi connectivity index (χ2n) is 6.06. The van der Waals surface area contributed by atoms with Crippen molar-refractivity contribution in [3.05, 3.63) is 77.3 Å². The van der Waals surface area contributed by atoms with Gasteiger partial charge in [-0.05, 0) is 36.4 Å². The molecule has 0 saturated carbocycles. The highest BCUT2D eigenvalue weighted by atomic mass is 16.5. The van der Waals surface area contributed by atoms with Crippen molar-refractivity contribution in [1.29, 1.82) is 0 Å². The minimum absolute atomic E-state index is 0.117. The molecule has 1 aromatic carbocycles. The average molecular weight is 348 g/mol. The Balaban J connectivity index is 1.65. The van der Waals surface area contributed by atoms with Gasteiger partial charge in [0, 0.05) is 11.6 Å². The molecular formula is C20H12O6. The van der Waals surface area contributed by atoms with Crippen LogP contribution in [0.5, 0.6) is 11.5 Å². The van der Waals surface area contributed by atoms with Crippen molar-refractivity contribution < 1.29 is 27.9 Å². The van der Waals surface area contributed by atoms with Gasteiger partial charge in [-0.3, -0.25) is 9.59 Å². The molecule has 2 aliphatic heterocycles. The highest BCUT2D eigenvalue weighted by Crippen LogP contribution is 2.48. The highest BCUT2D eigenvalue weighted by molar-refractivity contribution is 6.15. The minimum atomic E-state index is -0.369. The van der Waals surface area contributed by atoms with Gasteiger partial charge in [0.1, 0.15) is 23.0 Å². The van der Waals surface area contributed by atoms with Crippen LogP contribution in [0.1, 0.15) is 39.8 Å². The Hall–Kier alpha value is -3.54. The molecule has 0 amide bonds. The maximum Gasteiger partial charge on any atom is 0.312 e. The third-order valence-corrected chi connectivity index (χ3v) is 4.48. The molecule has 128 valence electrons. The summed E-state index contributed by atoms with van der Waals surface area (Å²) in [7, 11) is 0. The van der Waals surface area contributed by atoms with E-state index in [2.05, 4.69) is 0 Å². The van der Waals surface area contributed by atoms with Crippen LogP contribution in [-0.4, -0.2) is 11.8 Å². The molecule has 0 radical (unpaired) electrons. The van der Waals surface area contributed by atoms with Crippen LogP contribution in [0.25, 0.3) is 6.08 Å². The van der Waals surface area contributed by atoms with Gasteiger partial charge in [0.05, 0.1) is 30.4 Å². The van der Waals surface area contributed by atoms with E-state index in [1.807, 2.05) is 0 Å². The number of carbonyl (C=O) groups is 2. The molecule has 0 bridgehead atoms. The molecule has 1 unspecified atom stereocenters. The number of ketones is 1. The molecule has 4 heterocycles. The molecule has 3 aromatic rings. The van der Waals surface area contributed by atoms with Crippen molar-refractivity contribution in [2.24, 2.45) is 0 Å². The zero-order valence-corrected chi connectivity index (χ0v) is 13.4. The van der Waals surface area contributed by atoms with E-state index in [1.165, 1.54) is 6.26 Å². The molecule has 0 aliphatic carbocycles.